The fourth-order valence-electron chi connectivity index (χ4n) is 3.11. The SMILES string of the molecule is O=c1c2c(-c3ccccc3)csc2ncn1/N=C/c1ccc2c(c1)OCCO2. The highest BCUT2D eigenvalue weighted by atomic mass is 32.1. The van der Waals surface area contributed by atoms with Gasteiger partial charge in [0.25, 0.3) is 5.56 Å². The lowest BCUT2D eigenvalue weighted by Gasteiger charge is -2.18. The Balaban J connectivity index is 1.54. The van der Waals surface area contributed by atoms with Crippen molar-refractivity contribution in [3.8, 4) is 22.6 Å². The molecule has 1 aliphatic rings. The average Bonchev–Trinajstić information content (AvgIpc) is 3.19. The minimum absolute atomic E-state index is 0.195. The van der Waals surface area contributed by atoms with E-state index in [1.807, 2.05) is 53.9 Å². The first-order chi connectivity index (χ1) is 13.8. The van der Waals surface area contributed by atoms with Gasteiger partial charge in [0.2, 0.25) is 0 Å². The fraction of sp³-hybridized carbons (Fsp3) is 0.0952. The summed E-state index contributed by atoms with van der Waals surface area (Å²) in [5.41, 5.74) is 2.48. The van der Waals surface area contributed by atoms with E-state index in [1.165, 1.54) is 22.3 Å². The molecule has 0 saturated carbocycles. The van der Waals surface area contributed by atoms with Crippen molar-refractivity contribution < 1.29 is 9.47 Å². The zero-order chi connectivity index (χ0) is 18.9. The largest absolute Gasteiger partial charge is 0.486 e. The molecule has 0 unspecified atom stereocenters. The molecule has 0 amide bonds. The third kappa shape index (κ3) is 2.95. The molecule has 0 atom stereocenters. The molecule has 3 heterocycles. The van der Waals surface area contributed by atoms with Crippen molar-refractivity contribution in [1.29, 1.82) is 0 Å². The van der Waals surface area contributed by atoms with Crippen LogP contribution in [0.15, 0.2) is 70.1 Å². The zero-order valence-electron chi connectivity index (χ0n) is 14.7. The summed E-state index contributed by atoms with van der Waals surface area (Å²) in [6.45, 7) is 1.07. The van der Waals surface area contributed by atoms with Crippen LogP contribution in [0, 0.1) is 0 Å². The van der Waals surface area contributed by atoms with Crippen molar-refractivity contribution in [3.63, 3.8) is 0 Å². The van der Waals surface area contributed by atoms with Crippen molar-refractivity contribution in [3.05, 3.63) is 76.2 Å². The number of ether oxygens (including phenoxy) is 2. The molecule has 4 aromatic rings. The Hall–Kier alpha value is -3.45. The number of hydrogen-bond donors (Lipinski definition) is 0. The highest BCUT2D eigenvalue weighted by Crippen LogP contribution is 2.31. The minimum Gasteiger partial charge on any atom is -0.486 e. The number of aromatic nitrogens is 2. The van der Waals surface area contributed by atoms with E-state index in [1.54, 1.807) is 6.21 Å². The van der Waals surface area contributed by atoms with Crippen LogP contribution in [-0.2, 0) is 0 Å². The lowest BCUT2D eigenvalue weighted by Crippen LogP contribution is -2.17. The molecule has 1 aliphatic heterocycles. The van der Waals surface area contributed by atoms with Crippen LogP contribution in [0.2, 0.25) is 0 Å². The Morgan fingerprint density at radius 1 is 1.07 bits per heavy atom. The van der Waals surface area contributed by atoms with Gasteiger partial charge < -0.3 is 9.47 Å². The third-order valence-electron chi connectivity index (χ3n) is 4.46. The average molecular weight is 389 g/mol. The standard InChI is InChI=1S/C21H15N3O3S/c25-21-19-16(15-4-2-1-3-5-15)12-28-20(19)22-13-24(21)23-11-14-6-7-17-18(10-14)27-9-8-26-17/h1-7,10-13H,8-9H2/b23-11+. The van der Waals surface area contributed by atoms with Crippen LogP contribution in [0.5, 0.6) is 11.5 Å². The van der Waals surface area contributed by atoms with Gasteiger partial charge >= 0.3 is 0 Å². The quantitative estimate of drug-likeness (QED) is 0.500. The molecule has 2 aromatic carbocycles. The van der Waals surface area contributed by atoms with Gasteiger partial charge in [0, 0.05) is 10.9 Å². The van der Waals surface area contributed by atoms with Crippen LogP contribution >= 0.6 is 11.3 Å². The predicted octanol–water partition coefficient (Wildman–Crippen LogP) is 3.78. The van der Waals surface area contributed by atoms with E-state index in [2.05, 4.69) is 10.1 Å². The molecule has 6 nitrogen and oxygen atoms in total. The van der Waals surface area contributed by atoms with E-state index in [-0.39, 0.29) is 5.56 Å². The summed E-state index contributed by atoms with van der Waals surface area (Å²) in [4.78, 5) is 18.1. The summed E-state index contributed by atoms with van der Waals surface area (Å²) in [5.74, 6) is 1.40. The van der Waals surface area contributed by atoms with E-state index in [9.17, 15) is 4.79 Å². The Bertz CT molecular complexity index is 1240. The van der Waals surface area contributed by atoms with Gasteiger partial charge in [-0.15, -0.1) is 11.3 Å². The number of fused-ring (bicyclic) bond motifs is 2. The summed E-state index contributed by atoms with van der Waals surface area (Å²) >= 11 is 1.45. The summed E-state index contributed by atoms with van der Waals surface area (Å²) in [7, 11) is 0. The second kappa shape index (κ2) is 6.94. The molecular formula is C21H15N3O3S. The van der Waals surface area contributed by atoms with Crippen LogP contribution in [0.4, 0.5) is 0 Å². The fourth-order valence-corrected chi connectivity index (χ4v) is 4.01. The van der Waals surface area contributed by atoms with Gasteiger partial charge in [0.1, 0.15) is 24.4 Å². The Morgan fingerprint density at radius 3 is 2.75 bits per heavy atom. The van der Waals surface area contributed by atoms with Crippen molar-refractivity contribution in [2.45, 2.75) is 0 Å². The van der Waals surface area contributed by atoms with Crippen LogP contribution in [-0.4, -0.2) is 29.1 Å². The van der Waals surface area contributed by atoms with Crippen LogP contribution in [0.3, 0.4) is 0 Å². The Kier molecular flexibility index (Phi) is 4.14. The van der Waals surface area contributed by atoms with Gasteiger partial charge in [-0.2, -0.15) is 9.78 Å². The lowest BCUT2D eigenvalue weighted by molar-refractivity contribution is 0.171. The number of rotatable bonds is 3. The molecule has 0 aliphatic carbocycles. The molecule has 0 fully saturated rings. The topological polar surface area (TPSA) is 65.7 Å². The lowest BCUT2D eigenvalue weighted by atomic mass is 10.1. The molecule has 2 aromatic heterocycles. The third-order valence-corrected chi connectivity index (χ3v) is 5.35. The van der Waals surface area contributed by atoms with Gasteiger partial charge in [0.05, 0.1) is 11.6 Å². The molecule has 0 N–H and O–H groups in total. The van der Waals surface area contributed by atoms with Crippen molar-refractivity contribution in [2.24, 2.45) is 5.10 Å². The van der Waals surface area contributed by atoms with Gasteiger partial charge in [-0.1, -0.05) is 30.3 Å². The molecular weight excluding hydrogens is 374 g/mol. The second-order valence-corrected chi connectivity index (χ2v) is 7.10. The van der Waals surface area contributed by atoms with E-state index in [4.69, 9.17) is 9.47 Å². The van der Waals surface area contributed by atoms with E-state index < -0.39 is 0 Å². The maximum atomic E-state index is 13.0. The van der Waals surface area contributed by atoms with Gasteiger partial charge in [0.15, 0.2) is 11.5 Å². The van der Waals surface area contributed by atoms with Crippen molar-refractivity contribution in [2.75, 3.05) is 13.2 Å². The zero-order valence-corrected chi connectivity index (χ0v) is 15.6. The van der Waals surface area contributed by atoms with Crippen molar-refractivity contribution >= 4 is 27.8 Å². The number of thiophene rings is 1. The number of hydrogen-bond acceptors (Lipinski definition) is 6. The van der Waals surface area contributed by atoms with Crippen LogP contribution in [0.1, 0.15) is 5.56 Å². The Morgan fingerprint density at radius 2 is 1.89 bits per heavy atom. The molecule has 7 heteroatoms. The first kappa shape index (κ1) is 16.7. The number of nitrogens with zero attached hydrogens (tertiary/aromatic N) is 3. The summed E-state index contributed by atoms with van der Waals surface area (Å²) in [5, 5.41) is 6.86. The molecule has 138 valence electrons. The highest BCUT2D eigenvalue weighted by Gasteiger charge is 2.13. The van der Waals surface area contributed by atoms with Crippen LogP contribution < -0.4 is 15.0 Å². The number of benzene rings is 2. The normalized spacial score (nSPS) is 13.3. The van der Waals surface area contributed by atoms with E-state index in [0.29, 0.717) is 29.2 Å². The van der Waals surface area contributed by atoms with Gasteiger partial charge in [-0.3, -0.25) is 4.79 Å². The monoisotopic (exact) mass is 389 g/mol. The summed E-state index contributed by atoms with van der Waals surface area (Å²) < 4.78 is 12.4. The molecule has 28 heavy (non-hydrogen) atoms. The molecule has 0 radical (unpaired) electrons. The maximum Gasteiger partial charge on any atom is 0.283 e. The summed E-state index contributed by atoms with van der Waals surface area (Å²) in [6.07, 6.45) is 3.06. The second-order valence-electron chi connectivity index (χ2n) is 6.24. The van der Waals surface area contributed by atoms with Gasteiger partial charge in [-0.05, 0) is 29.3 Å². The molecule has 5 rings (SSSR count). The van der Waals surface area contributed by atoms with E-state index >= 15 is 0 Å². The summed E-state index contributed by atoms with van der Waals surface area (Å²) in [6, 6.07) is 15.4. The first-order valence-electron chi connectivity index (χ1n) is 8.78. The van der Waals surface area contributed by atoms with E-state index in [0.717, 1.165) is 22.4 Å². The highest BCUT2D eigenvalue weighted by molar-refractivity contribution is 7.17. The predicted molar refractivity (Wildman–Crippen MR) is 110 cm³/mol. The first-order valence-corrected chi connectivity index (χ1v) is 9.66. The Labute approximate surface area is 164 Å². The maximum absolute atomic E-state index is 13.0. The minimum atomic E-state index is -0.195. The smallest absolute Gasteiger partial charge is 0.283 e. The van der Waals surface area contributed by atoms with Gasteiger partial charge in [-0.25, -0.2) is 4.98 Å². The molecule has 0 saturated heterocycles. The molecule has 0 spiro atoms. The van der Waals surface area contributed by atoms with Crippen molar-refractivity contribution in [1.82, 2.24) is 9.66 Å². The molecule has 0 bridgehead atoms. The van der Waals surface area contributed by atoms with Crippen LogP contribution in [0.25, 0.3) is 21.3 Å².